The Morgan fingerprint density at radius 1 is 1.19 bits per heavy atom. The zero-order valence-electron chi connectivity index (χ0n) is 19.9. The van der Waals surface area contributed by atoms with Crippen molar-refractivity contribution < 1.29 is 26.4 Å². The number of aromatic nitrogens is 5. The summed E-state index contributed by atoms with van der Waals surface area (Å²) in [7, 11) is -4.11. The van der Waals surface area contributed by atoms with E-state index in [1.807, 2.05) is 4.57 Å². The third kappa shape index (κ3) is 5.34. The number of hydrogen-bond donors (Lipinski definition) is 1. The Morgan fingerprint density at radius 3 is 2.78 bits per heavy atom. The van der Waals surface area contributed by atoms with Gasteiger partial charge in [0.15, 0.2) is 5.82 Å². The molecule has 0 spiro atoms. The molecule has 14 heteroatoms. The number of carbonyl (C=O) groups is 1. The summed E-state index contributed by atoms with van der Waals surface area (Å²) in [6.45, 7) is 2.02. The van der Waals surface area contributed by atoms with Gasteiger partial charge in [-0.1, -0.05) is 6.07 Å². The normalized spacial score (nSPS) is 17.9. The van der Waals surface area contributed by atoms with Gasteiger partial charge in [0.1, 0.15) is 23.0 Å². The Bertz CT molecular complexity index is 1460. The molecule has 2 aliphatic heterocycles. The molecule has 0 radical (unpaired) electrons. The molecule has 2 aliphatic rings. The van der Waals surface area contributed by atoms with Crippen LogP contribution in [0.4, 0.5) is 19.0 Å². The van der Waals surface area contributed by atoms with Gasteiger partial charge in [0, 0.05) is 31.7 Å². The zero-order valence-corrected chi connectivity index (χ0v) is 20.7. The van der Waals surface area contributed by atoms with Crippen molar-refractivity contribution in [3.8, 4) is 11.5 Å². The number of fused-ring (bicyclic) bond motifs is 2. The van der Waals surface area contributed by atoms with Crippen molar-refractivity contribution in [2.45, 2.75) is 51.4 Å². The predicted octanol–water partition coefficient (Wildman–Crippen LogP) is 3.13. The molecule has 1 amide bonds. The maximum atomic E-state index is 12.9. The lowest BCUT2D eigenvalue weighted by Gasteiger charge is -2.28. The van der Waals surface area contributed by atoms with Crippen LogP contribution in [0.25, 0.3) is 11.5 Å². The minimum absolute atomic E-state index is 0.0393. The van der Waals surface area contributed by atoms with Crippen LogP contribution in [-0.2, 0) is 29.4 Å². The summed E-state index contributed by atoms with van der Waals surface area (Å²) in [5.41, 5.74) is 1.87. The number of carbonyl (C=O) groups excluding carboxylic acids is 1. The largest absolute Gasteiger partial charge is 0.390 e. The third-order valence-corrected chi connectivity index (χ3v) is 8.36. The standard InChI is InChI=1S/C23H24F3N7O3S/c1-14-5-6-20-30-31-21(33(14)20)17-3-2-4-19(28-17)29-22(34)18-11-16-13-32(9-7-15(16)12-27-18)37(35,36)10-8-23(24,25)26/h2-4,11-12,14H,5-10,13H2,1H3,(H,28,29,34)/t14-/m0/s1. The van der Waals surface area contributed by atoms with Gasteiger partial charge in [0.2, 0.25) is 10.0 Å². The highest BCUT2D eigenvalue weighted by Crippen LogP contribution is 2.30. The molecule has 3 aromatic rings. The second-order valence-corrected chi connectivity index (χ2v) is 11.3. The number of anilines is 1. The van der Waals surface area contributed by atoms with Crippen LogP contribution in [0.5, 0.6) is 0 Å². The number of rotatable bonds is 6. The smallest absolute Gasteiger partial charge is 0.307 e. The Kier molecular flexibility index (Phi) is 6.48. The number of hydrogen-bond acceptors (Lipinski definition) is 7. The molecule has 10 nitrogen and oxygen atoms in total. The molecule has 5 heterocycles. The molecule has 37 heavy (non-hydrogen) atoms. The number of aryl methyl sites for hydroxylation is 1. The van der Waals surface area contributed by atoms with Gasteiger partial charge >= 0.3 is 6.18 Å². The van der Waals surface area contributed by atoms with E-state index in [1.165, 1.54) is 12.3 Å². The van der Waals surface area contributed by atoms with Crippen LogP contribution in [0.3, 0.4) is 0 Å². The van der Waals surface area contributed by atoms with Gasteiger partial charge in [-0.25, -0.2) is 13.4 Å². The van der Waals surface area contributed by atoms with E-state index in [9.17, 15) is 26.4 Å². The lowest BCUT2D eigenvalue weighted by atomic mass is 10.0. The van der Waals surface area contributed by atoms with Crippen molar-refractivity contribution in [3.63, 3.8) is 0 Å². The van der Waals surface area contributed by atoms with E-state index in [2.05, 4.69) is 32.4 Å². The second-order valence-electron chi connectivity index (χ2n) is 9.16. The fraction of sp³-hybridized carbons (Fsp3) is 0.435. The average molecular weight is 536 g/mol. The van der Waals surface area contributed by atoms with Crippen LogP contribution >= 0.6 is 0 Å². The third-order valence-electron chi connectivity index (χ3n) is 6.54. The highest BCUT2D eigenvalue weighted by Gasteiger charge is 2.34. The van der Waals surface area contributed by atoms with Gasteiger partial charge < -0.3 is 9.88 Å². The summed E-state index contributed by atoms with van der Waals surface area (Å²) in [5.74, 6) is 0.229. The van der Waals surface area contributed by atoms with Crippen LogP contribution in [0.1, 0.15) is 53.2 Å². The maximum absolute atomic E-state index is 12.9. The Hall–Kier alpha value is -3.39. The number of amides is 1. The van der Waals surface area contributed by atoms with E-state index in [0.29, 0.717) is 23.5 Å². The molecular formula is C23H24F3N7O3S. The first-order valence-electron chi connectivity index (χ1n) is 11.7. The molecule has 3 aromatic heterocycles. The minimum atomic E-state index is -4.56. The first kappa shape index (κ1) is 25.3. The Labute approximate surface area is 211 Å². The summed E-state index contributed by atoms with van der Waals surface area (Å²) in [4.78, 5) is 21.6. The van der Waals surface area contributed by atoms with E-state index in [0.717, 1.165) is 28.5 Å². The maximum Gasteiger partial charge on any atom is 0.390 e. The van der Waals surface area contributed by atoms with E-state index in [4.69, 9.17) is 0 Å². The van der Waals surface area contributed by atoms with Crippen LogP contribution in [0, 0.1) is 0 Å². The number of nitrogens with one attached hydrogen (secondary N) is 1. The van der Waals surface area contributed by atoms with Gasteiger partial charge in [-0.2, -0.15) is 17.5 Å². The number of sulfonamides is 1. The summed E-state index contributed by atoms with van der Waals surface area (Å²) in [6.07, 6.45) is -2.37. The molecule has 196 valence electrons. The van der Waals surface area contributed by atoms with Gasteiger partial charge in [0.05, 0.1) is 12.2 Å². The summed E-state index contributed by atoms with van der Waals surface area (Å²) < 4.78 is 65.6. The fourth-order valence-electron chi connectivity index (χ4n) is 4.56. The molecule has 0 fully saturated rings. The van der Waals surface area contributed by atoms with Crippen molar-refractivity contribution in [1.82, 2.24) is 29.0 Å². The molecule has 1 atom stereocenters. The highest BCUT2D eigenvalue weighted by molar-refractivity contribution is 7.89. The molecule has 0 saturated carbocycles. The molecule has 0 bridgehead atoms. The molecule has 5 rings (SSSR count). The second kappa shape index (κ2) is 9.49. The van der Waals surface area contributed by atoms with E-state index < -0.39 is 34.3 Å². The lowest BCUT2D eigenvalue weighted by Crippen LogP contribution is -2.38. The first-order valence-corrected chi connectivity index (χ1v) is 13.4. The number of pyridine rings is 2. The van der Waals surface area contributed by atoms with Crippen molar-refractivity contribution in [2.24, 2.45) is 0 Å². The Morgan fingerprint density at radius 2 is 2.00 bits per heavy atom. The fourth-order valence-corrected chi connectivity index (χ4v) is 6.01. The van der Waals surface area contributed by atoms with Crippen molar-refractivity contribution in [3.05, 3.63) is 53.1 Å². The van der Waals surface area contributed by atoms with Gasteiger partial charge in [0.25, 0.3) is 5.91 Å². The van der Waals surface area contributed by atoms with E-state index >= 15 is 0 Å². The molecule has 0 aliphatic carbocycles. The summed E-state index contributed by atoms with van der Waals surface area (Å²) >= 11 is 0. The number of nitrogens with zero attached hydrogens (tertiary/aromatic N) is 6. The quantitative estimate of drug-likeness (QED) is 0.515. The monoisotopic (exact) mass is 535 g/mol. The van der Waals surface area contributed by atoms with Gasteiger partial charge in [-0.3, -0.25) is 9.78 Å². The molecule has 1 N–H and O–H groups in total. The molecule has 0 aromatic carbocycles. The number of alkyl halides is 3. The van der Waals surface area contributed by atoms with E-state index in [1.54, 1.807) is 18.2 Å². The highest BCUT2D eigenvalue weighted by atomic mass is 32.2. The lowest BCUT2D eigenvalue weighted by molar-refractivity contribution is -0.130. The van der Waals surface area contributed by atoms with Gasteiger partial charge in [-0.15, -0.1) is 10.2 Å². The molecular weight excluding hydrogens is 511 g/mol. The topological polar surface area (TPSA) is 123 Å². The van der Waals surface area contributed by atoms with Crippen LogP contribution in [0.15, 0.2) is 30.5 Å². The SMILES string of the molecule is C[C@H]1CCc2nnc(-c3cccc(NC(=O)c4cc5c(cn4)CCN(S(=O)(=O)CCC(F)(F)F)C5)n3)n21. The van der Waals surface area contributed by atoms with Crippen LogP contribution < -0.4 is 5.32 Å². The minimum Gasteiger partial charge on any atom is -0.307 e. The predicted molar refractivity (Wildman–Crippen MR) is 127 cm³/mol. The molecule has 0 unspecified atom stereocenters. The summed E-state index contributed by atoms with van der Waals surface area (Å²) in [6, 6.07) is 6.86. The van der Waals surface area contributed by atoms with Gasteiger partial charge in [-0.05, 0) is 49.1 Å². The number of halogens is 3. The van der Waals surface area contributed by atoms with Crippen LogP contribution in [-0.4, -0.2) is 61.8 Å². The van der Waals surface area contributed by atoms with E-state index in [-0.39, 0.29) is 30.6 Å². The van der Waals surface area contributed by atoms with Crippen molar-refractivity contribution in [1.29, 1.82) is 0 Å². The summed E-state index contributed by atoms with van der Waals surface area (Å²) in [5, 5.41) is 11.2. The van der Waals surface area contributed by atoms with Crippen molar-refractivity contribution in [2.75, 3.05) is 17.6 Å². The van der Waals surface area contributed by atoms with Crippen molar-refractivity contribution >= 4 is 21.7 Å². The Balaban J connectivity index is 1.31. The average Bonchev–Trinajstić information content (AvgIpc) is 3.45. The molecule has 0 saturated heterocycles. The zero-order chi connectivity index (χ0) is 26.4. The van der Waals surface area contributed by atoms with Crippen LogP contribution in [0.2, 0.25) is 0 Å². The first-order chi connectivity index (χ1) is 17.5.